The van der Waals surface area contributed by atoms with Gasteiger partial charge in [0.1, 0.15) is 11.0 Å². The second-order valence-corrected chi connectivity index (χ2v) is 6.51. The van der Waals surface area contributed by atoms with Crippen molar-refractivity contribution >= 4 is 46.5 Å². The van der Waals surface area contributed by atoms with Crippen LogP contribution >= 0.6 is 23.7 Å². The lowest BCUT2D eigenvalue weighted by Crippen LogP contribution is -2.48. The molecule has 2 aliphatic heterocycles. The number of anilines is 1. The maximum atomic E-state index is 12.6. The predicted octanol–water partition coefficient (Wildman–Crippen LogP) is 0.930. The number of amides is 2. The molecule has 132 valence electrons. The second kappa shape index (κ2) is 7.96. The Morgan fingerprint density at radius 3 is 2.88 bits per heavy atom. The molecule has 9 heteroatoms. The van der Waals surface area contributed by atoms with Crippen molar-refractivity contribution in [2.24, 2.45) is 0 Å². The lowest BCUT2D eigenvalue weighted by Gasteiger charge is -2.18. The van der Waals surface area contributed by atoms with Gasteiger partial charge in [0.05, 0.1) is 18.7 Å². The summed E-state index contributed by atoms with van der Waals surface area (Å²) in [6, 6.07) is 0.912. The smallest absolute Gasteiger partial charge is 0.340 e. The van der Waals surface area contributed by atoms with Crippen molar-refractivity contribution in [3.8, 4) is 0 Å². The topological polar surface area (TPSA) is 87.7 Å². The van der Waals surface area contributed by atoms with Crippen molar-refractivity contribution in [1.29, 1.82) is 0 Å². The van der Waals surface area contributed by atoms with Crippen molar-refractivity contribution in [3.05, 3.63) is 17.0 Å². The van der Waals surface area contributed by atoms with E-state index in [1.807, 2.05) is 0 Å². The maximum absolute atomic E-state index is 12.6. The molecule has 2 fully saturated rings. The van der Waals surface area contributed by atoms with Crippen molar-refractivity contribution in [3.63, 3.8) is 0 Å². The Morgan fingerprint density at radius 1 is 1.42 bits per heavy atom. The molecular formula is C15H20ClN3O4S. The van der Waals surface area contributed by atoms with Gasteiger partial charge < -0.3 is 20.3 Å². The number of hydrogen-bond acceptors (Lipinski definition) is 6. The number of nitrogens with one attached hydrogen (secondary N) is 2. The Kier molecular flexibility index (Phi) is 6.20. The van der Waals surface area contributed by atoms with Crippen LogP contribution < -0.4 is 15.5 Å². The highest BCUT2D eigenvalue weighted by atomic mass is 35.5. The third kappa shape index (κ3) is 3.55. The van der Waals surface area contributed by atoms with E-state index in [-0.39, 0.29) is 30.3 Å². The van der Waals surface area contributed by atoms with Crippen LogP contribution in [0.1, 0.15) is 29.6 Å². The molecule has 7 nitrogen and oxygen atoms in total. The van der Waals surface area contributed by atoms with Crippen LogP contribution in [-0.2, 0) is 14.3 Å². The van der Waals surface area contributed by atoms with Gasteiger partial charge in [0.2, 0.25) is 11.8 Å². The Hall–Kier alpha value is -1.64. The summed E-state index contributed by atoms with van der Waals surface area (Å²) in [4.78, 5) is 38.0. The van der Waals surface area contributed by atoms with Gasteiger partial charge >= 0.3 is 5.97 Å². The fraction of sp³-hybridized carbons (Fsp3) is 0.533. The van der Waals surface area contributed by atoms with Crippen LogP contribution in [0.25, 0.3) is 0 Å². The van der Waals surface area contributed by atoms with E-state index in [4.69, 9.17) is 4.74 Å². The van der Waals surface area contributed by atoms with E-state index in [1.165, 1.54) is 18.4 Å². The lowest BCUT2D eigenvalue weighted by molar-refractivity contribution is -0.127. The molecule has 2 N–H and O–H groups in total. The molecule has 2 aliphatic rings. The van der Waals surface area contributed by atoms with E-state index in [0.717, 1.165) is 19.4 Å². The van der Waals surface area contributed by atoms with Crippen LogP contribution in [0.5, 0.6) is 0 Å². The maximum Gasteiger partial charge on any atom is 0.340 e. The van der Waals surface area contributed by atoms with Crippen molar-refractivity contribution in [2.75, 3.05) is 25.1 Å². The van der Waals surface area contributed by atoms with Crippen LogP contribution in [0, 0.1) is 0 Å². The summed E-state index contributed by atoms with van der Waals surface area (Å²) < 4.78 is 4.74. The normalized spacial score (nSPS) is 23.0. The van der Waals surface area contributed by atoms with E-state index < -0.39 is 12.0 Å². The lowest BCUT2D eigenvalue weighted by atomic mass is 10.2. The second-order valence-electron chi connectivity index (χ2n) is 5.62. The fourth-order valence-corrected chi connectivity index (χ4v) is 3.89. The molecule has 3 heterocycles. The number of ether oxygens (including phenoxy) is 1. The van der Waals surface area contributed by atoms with E-state index in [9.17, 15) is 14.4 Å². The highest BCUT2D eigenvalue weighted by Gasteiger charge is 2.37. The van der Waals surface area contributed by atoms with Crippen molar-refractivity contribution in [1.82, 2.24) is 10.6 Å². The molecule has 2 atom stereocenters. The van der Waals surface area contributed by atoms with Gasteiger partial charge in [-0.25, -0.2) is 4.79 Å². The van der Waals surface area contributed by atoms with Crippen LogP contribution in [0.3, 0.4) is 0 Å². The first-order valence-electron chi connectivity index (χ1n) is 7.62. The zero-order valence-corrected chi connectivity index (χ0v) is 14.9. The fourth-order valence-electron chi connectivity index (χ4n) is 2.97. The molecule has 2 saturated heterocycles. The van der Waals surface area contributed by atoms with Gasteiger partial charge in [-0.3, -0.25) is 9.59 Å². The van der Waals surface area contributed by atoms with E-state index in [2.05, 4.69) is 10.6 Å². The summed E-state index contributed by atoms with van der Waals surface area (Å²) in [7, 11) is 1.31. The standard InChI is InChI=1S/C15H19N3O4S.ClH/c1-22-15(21)9-5-8-23-14(9)18-7-4-11(13(18)20)17-12(19)10-3-2-6-16-10;/h5,8,10-11,16H,2-4,6-7H2,1H3,(H,17,19);1H. The molecule has 0 spiro atoms. The van der Waals surface area contributed by atoms with Crippen LogP contribution in [0.2, 0.25) is 0 Å². The Labute approximate surface area is 150 Å². The van der Waals surface area contributed by atoms with E-state index in [1.54, 1.807) is 16.3 Å². The minimum absolute atomic E-state index is 0. The number of methoxy groups -OCH3 is 1. The van der Waals surface area contributed by atoms with Gasteiger partial charge in [-0.15, -0.1) is 23.7 Å². The molecule has 1 aromatic heterocycles. The molecule has 2 amide bonds. The molecule has 0 aromatic carbocycles. The molecule has 0 bridgehead atoms. The van der Waals surface area contributed by atoms with Gasteiger partial charge in [0, 0.05) is 6.54 Å². The molecule has 0 aliphatic carbocycles. The number of halogens is 1. The third-order valence-corrected chi connectivity index (χ3v) is 5.13. The first-order chi connectivity index (χ1) is 11.1. The number of carbonyl (C=O) groups is 3. The highest BCUT2D eigenvalue weighted by Crippen LogP contribution is 2.31. The average Bonchev–Trinajstić information content (AvgIpc) is 3.27. The van der Waals surface area contributed by atoms with Gasteiger partial charge in [-0.1, -0.05) is 0 Å². The first-order valence-corrected chi connectivity index (χ1v) is 8.50. The minimum Gasteiger partial charge on any atom is -0.465 e. The summed E-state index contributed by atoms with van der Waals surface area (Å²) in [6.07, 6.45) is 2.31. The Morgan fingerprint density at radius 2 is 2.21 bits per heavy atom. The Balaban J connectivity index is 0.00000208. The summed E-state index contributed by atoms with van der Waals surface area (Å²) in [6.45, 7) is 1.31. The number of carbonyl (C=O) groups excluding carboxylic acids is 3. The zero-order chi connectivity index (χ0) is 16.4. The monoisotopic (exact) mass is 373 g/mol. The number of hydrogen-bond donors (Lipinski definition) is 2. The van der Waals surface area contributed by atoms with Crippen molar-refractivity contribution < 1.29 is 19.1 Å². The molecule has 2 unspecified atom stereocenters. The summed E-state index contributed by atoms with van der Waals surface area (Å²) in [5, 5.41) is 8.27. The zero-order valence-electron chi connectivity index (χ0n) is 13.2. The largest absolute Gasteiger partial charge is 0.465 e. The molecule has 24 heavy (non-hydrogen) atoms. The van der Waals surface area contributed by atoms with Crippen molar-refractivity contribution in [2.45, 2.75) is 31.3 Å². The summed E-state index contributed by atoms with van der Waals surface area (Å²) in [5.41, 5.74) is 0.385. The first kappa shape index (κ1) is 18.7. The van der Waals surface area contributed by atoms with Gasteiger partial charge in [-0.2, -0.15) is 0 Å². The number of thiophene rings is 1. The quantitative estimate of drug-likeness (QED) is 0.766. The van der Waals surface area contributed by atoms with E-state index >= 15 is 0 Å². The summed E-state index contributed by atoms with van der Waals surface area (Å²) in [5.74, 6) is -0.761. The van der Waals surface area contributed by atoms with E-state index in [0.29, 0.717) is 23.5 Å². The van der Waals surface area contributed by atoms with Gasteiger partial charge in [0.25, 0.3) is 0 Å². The van der Waals surface area contributed by atoms with Gasteiger partial charge in [0.15, 0.2) is 0 Å². The molecule has 0 radical (unpaired) electrons. The summed E-state index contributed by atoms with van der Waals surface area (Å²) >= 11 is 1.32. The molecule has 0 saturated carbocycles. The average molecular weight is 374 g/mol. The third-order valence-electron chi connectivity index (χ3n) is 4.19. The van der Waals surface area contributed by atoms with Gasteiger partial charge in [-0.05, 0) is 37.3 Å². The predicted molar refractivity (Wildman–Crippen MR) is 92.8 cm³/mol. The molecular weight excluding hydrogens is 354 g/mol. The SMILES string of the molecule is COC(=O)c1ccsc1N1CCC(NC(=O)C2CCCN2)C1=O.Cl. The number of esters is 1. The molecule has 1 aromatic rings. The van der Waals surface area contributed by atoms with Crippen LogP contribution in [0.4, 0.5) is 5.00 Å². The minimum atomic E-state index is -0.530. The van der Waals surface area contributed by atoms with Crippen LogP contribution in [0.15, 0.2) is 11.4 Å². The highest BCUT2D eigenvalue weighted by molar-refractivity contribution is 7.14. The molecule has 3 rings (SSSR count). The van der Waals surface area contributed by atoms with Crippen LogP contribution in [-0.4, -0.2) is 50.1 Å². The number of rotatable bonds is 4. The number of nitrogens with zero attached hydrogens (tertiary/aromatic N) is 1. The Bertz CT molecular complexity index is 630.